The molecule has 0 fully saturated rings. The third kappa shape index (κ3) is 2.87. The van der Waals surface area contributed by atoms with E-state index in [1.165, 1.54) is 6.20 Å². The van der Waals surface area contributed by atoms with Crippen molar-refractivity contribution in [1.82, 2.24) is 9.97 Å². The first-order chi connectivity index (χ1) is 9.28. The van der Waals surface area contributed by atoms with E-state index in [2.05, 4.69) is 15.3 Å². The zero-order valence-corrected chi connectivity index (χ0v) is 11.4. The van der Waals surface area contributed by atoms with Crippen LogP contribution in [-0.2, 0) is 4.74 Å². The Labute approximate surface area is 115 Å². The lowest BCUT2D eigenvalue weighted by Gasteiger charge is -2.19. The molecule has 2 rings (SSSR count). The third-order valence-corrected chi connectivity index (χ3v) is 2.45. The van der Waals surface area contributed by atoms with Crippen LogP contribution in [0.3, 0.4) is 0 Å². The van der Waals surface area contributed by atoms with E-state index >= 15 is 0 Å². The number of anilines is 1. The second-order valence-corrected chi connectivity index (χ2v) is 5.22. The summed E-state index contributed by atoms with van der Waals surface area (Å²) in [5.74, 6) is -0.852. The summed E-state index contributed by atoms with van der Waals surface area (Å²) in [4.78, 5) is 29.6. The number of aromatic amines is 1. The number of pyridine rings is 1. The predicted octanol–water partition coefficient (Wildman–Crippen LogP) is 2.61. The van der Waals surface area contributed by atoms with Crippen LogP contribution in [0.1, 0.15) is 31.1 Å². The maximum absolute atomic E-state index is 11.7. The van der Waals surface area contributed by atoms with Gasteiger partial charge in [0.15, 0.2) is 5.82 Å². The number of rotatable bonds is 2. The minimum atomic E-state index is -1.08. The predicted molar refractivity (Wildman–Crippen MR) is 72.9 cm³/mol. The van der Waals surface area contributed by atoms with Gasteiger partial charge in [-0.3, -0.25) is 5.32 Å². The normalized spacial score (nSPS) is 11.3. The van der Waals surface area contributed by atoms with Crippen molar-refractivity contribution < 1.29 is 19.4 Å². The van der Waals surface area contributed by atoms with Crippen molar-refractivity contribution in [2.75, 3.05) is 5.32 Å². The highest BCUT2D eigenvalue weighted by Gasteiger charge is 2.19. The number of fused-ring (bicyclic) bond motifs is 1. The molecule has 0 aliphatic rings. The number of carboxylic acid groups (broad SMARTS) is 1. The van der Waals surface area contributed by atoms with E-state index in [9.17, 15) is 9.59 Å². The van der Waals surface area contributed by atoms with Gasteiger partial charge in [0.1, 0.15) is 5.60 Å². The topological polar surface area (TPSA) is 104 Å². The molecule has 0 aliphatic carbocycles. The van der Waals surface area contributed by atoms with Crippen LogP contribution in [0.4, 0.5) is 10.6 Å². The van der Waals surface area contributed by atoms with Gasteiger partial charge < -0.3 is 14.8 Å². The molecule has 0 saturated carbocycles. The molecule has 3 N–H and O–H groups in total. The third-order valence-electron chi connectivity index (χ3n) is 2.45. The van der Waals surface area contributed by atoms with Gasteiger partial charge in [0, 0.05) is 17.8 Å². The SMILES string of the molecule is CC(C)(C)OC(=O)Nc1ncc(C(=O)O)c2cc[nH]c12. The van der Waals surface area contributed by atoms with Crippen LogP contribution >= 0.6 is 0 Å². The summed E-state index contributed by atoms with van der Waals surface area (Å²) in [7, 11) is 0. The number of hydrogen-bond donors (Lipinski definition) is 3. The van der Waals surface area contributed by atoms with Gasteiger partial charge in [-0.05, 0) is 26.8 Å². The largest absolute Gasteiger partial charge is 0.478 e. The van der Waals surface area contributed by atoms with E-state index in [1.807, 2.05) is 0 Å². The average molecular weight is 277 g/mol. The van der Waals surface area contributed by atoms with Crippen molar-refractivity contribution in [3.05, 3.63) is 24.0 Å². The Morgan fingerprint density at radius 1 is 1.40 bits per heavy atom. The number of carbonyl (C=O) groups is 2. The van der Waals surface area contributed by atoms with Gasteiger partial charge in [-0.25, -0.2) is 14.6 Å². The zero-order chi connectivity index (χ0) is 14.9. The number of H-pyrrole nitrogens is 1. The number of hydrogen-bond acceptors (Lipinski definition) is 4. The van der Waals surface area contributed by atoms with Crippen LogP contribution in [0.5, 0.6) is 0 Å². The summed E-state index contributed by atoms with van der Waals surface area (Å²) in [6, 6.07) is 1.61. The Kier molecular flexibility index (Phi) is 3.35. The van der Waals surface area contributed by atoms with Gasteiger partial charge in [-0.1, -0.05) is 0 Å². The number of carbonyl (C=O) groups excluding carboxylic acids is 1. The minimum absolute atomic E-state index is 0.0657. The molecule has 0 radical (unpaired) electrons. The lowest BCUT2D eigenvalue weighted by atomic mass is 10.2. The smallest absolute Gasteiger partial charge is 0.413 e. The lowest BCUT2D eigenvalue weighted by molar-refractivity contribution is 0.0634. The first kappa shape index (κ1) is 13.9. The minimum Gasteiger partial charge on any atom is -0.478 e. The standard InChI is InChI=1S/C13H15N3O4/c1-13(2,3)20-12(19)16-10-9-7(4-5-14-9)8(6-15-10)11(17)18/h4-6,14H,1-3H3,(H,17,18)(H,15,16,19). The van der Waals surface area contributed by atoms with Crippen LogP contribution < -0.4 is 5.32 Å². The molecule has 0 saturated heterocycles. The van der Waals surface area contributed by atoms with E-state index in [4.69, 9.17) is 9.84 Å². The van der Waals surface area contributed by atoms with Gasteiger partial charge in [0.25, 0.3) is 0 Å². The number of carboxylic acids is 1. The molecule has 2 aromatic rings. The van der Waals surface area contributed by atoms with Crippen molar-refractivity contribution >= 4 is 28.8 Å². The molecule has 0 unspecified atom stereocenters. The van der Waals surface area contributed by atoms with Gasteiger partial charge in [-0.15, -0.1) is 0 Å². The quantitative estimate of drug-likeness (QED) is 0.782. The maximum atomic E-state index is 11.7. The molecule has 0 aliphatic heterocycles. The van der Waals surface area contributed by atoms with Crippen LogP contribution in [-0.4, -0.2) is 32.7 Å². The van der Waals surface area contributed by atoms with Gasteiger partial charge in [0.2, 0.25) is 0 Å². The molecule has 7 nitrogen and oxygen atoms in total. The number of aromatic nitrogens is 2. The highest BCUT2D eigenvalue weighted by molar-refractivity contribution is 6.07. The van der Waals surface area contributed by atoms with Crippen molar-refractivity contribution in [3.8, 4) is 0 Å². The molecule has 7 heteroatoms. The molecule has 2 aromatic heterocycles. The highest BCUT2D eigenvalue weighted by Crippen LogP contribution is 2.23. The summed E-state index contributed by atoms with van der Waals surface area (Å²) in [6.45, 7) is 5.24. The molecule has 0 spiro atoms. The fraction of sp³-hybridized carbons (Fsp3) is 0.308. The fourth-order valence-electron chi connectivity index (χ4n) is 1.72. The summed E-state index contributed by atoms with van der Waals surface area (Å²) in [5, 5.41) is 12.0. The number of nitrogens with zero attached hydrogens (tertiary/aromatic N) is 1. The summed E-state index contributed by atoms with van der Waals surface area (Å²) in [5.41, 5.74) is -0.119. The van der Waals surface area contributed by atoms with Gasteiger partial charge in [0.05, 0.1) is 11.1 Å². The van der Waals surface area contributed by atoms with E-state index in [-0.39, 0.29) is 11.4 Å². The fourth-order valence-corrected chi connectivity index (χ4v) is 1.72. The van der Waals surface area contributed by atoms with Crippen LogP contribution in [0.15, 0.2) is 18.5 Å². The van der Waals surface area contributed by atoms with Gasteiger partial charge in [-0.2, -0.15) is 0 Å². The van der Waals surface area contributed by atoms with Crippen molar-refractivity contribution in [3.63, 3.8) is 0 Å². The Morgan fingerprint density at radius 2 is 2.10 bits per heavy atom. The highest BCUT2D eigenvalue weighted by atomic mass is 16.6. The molecule has 106 valence electrons. The molecule has 0 atom stereocenters. The van der Waals surface area contributed by atoms with E-state index in [0.29, 0.717) is 10.9 Å². The van der Waals surface area contributed by atoms with Crippen LogP contribution in [0, 0.1) is 0 Å². The zero-order valence-electron chi connectivity index (χ0n) is 11.4. The Balaban J connectivity index is 2.33. The lowest BCUT2D eigenvalue weighted by Crippen LogP contribution is -2.27. The molecule has 2 heterocycles. The van der Waals surface area contributed by atoms with E-state index in [0.717, 1.165) is 0 Å². The molecular weight excluding hydrogens is 262 g/mol. The van der Waals surface area contributed by atoms with Crippen molar-refractivity contribution in [2.24, 2.45) is 0 Å². The molecule has 0 bridgehead atoms. The number of ether oxygens (including phenoxy) is 1. The summed E-state index contributed by atoms with van der Waals surface area (Å²) >= 11 is 0. The first-order valence-corrected chi connectivity index (χ1v) is 5.97. The number of aromatic carboxylic acids is 1. The van der Waals surface area contributed by atoms with Crippen molar-refractivity contribution in [1.29, 1.82) is 0 Å². The molecular formula is C13H15N3O4. The Hall–Kier alpha value is -2.57. The molecule has 1 amide bonds. The maximum Gasteiger partial charge on any atom is 0.413 e. The summed E-state index contributed by atoms with van der Waals surface area (Å²) in [6.07, 6.45) is 2.13. The Morgan fingerprint density at radius 3 is 2.70 bits per heavy atom. The van der Waals surface area contributed by atoms with E-state index in [1.54, 1.807) is 33.0 Å². The Bertz CT molecular complexity index is 670. The number of amides is 1. The summed E-state index contributed by atoms with van der Waals surface area (Å²) < 4.78 is 5.12. The first-order valence-electron chi connectivity index (χ1n) is 5.97. The monoisotopic (exact) mass is 277 g/mol. The second-order valence-electron chi connectivity index (χ2n) is 5.22. The van der Waals surface area contributed by atoms with Crippen molar-refractivity contribution in [2.45, 2.75) is 26.4 Å². The van der Waals surface area contributed by atoms with Crippen LogP contribution in [0.2, 0.25) is 0 Å². The van der Waals surface area contributed by atoms with Gasteiger partial charge >= 0.3 is 12.1 Å². The average Bonchev–Trinajstić information content (AvgIpc) is 2.75. The molecule has 20 heavy (non-hydrogen) atoms. The molecule has 0 aromatic carbocycles. The number of nitrogens with one attached hydrogen (secondary N) is 2. The van der Waals surface area contributed by atoms with Crippen LogP contribution in [0.25, 0.3) is 10.9 Å². The van der Waals surface area contributed by atoms with E-state index < -0.39 is 17.7 Å². The second kappa shape index (κ2) is 4.84.